The van der Waals surface area contributed by atoms with E-state index in [2.05, 4.69) is 33.4 Å². The first-order valence-corrected chi connectivity index (χ1v) is 9.04. The number of rotatable bonds is 5. The van der Waals surface area contributed by atoms with E-state index in [1.54, 1.807) is 38.6 Å². The van der Waals surface area contributed by atoms with Crippen LogP contribution in [0.1, 0.15) is 16.1 Å². The summed E-state index contributed by atoms with van der Waals surface area (Å²) in [7, 11) is 3.13. The molecule has 1 aliphatic heterocycles. The van der Waals surface area contributed by atoms with Gasteiger partial charge in [-0.1, -0.05) is 18.2 Å². The van der Waals surface area contributed by atoms with Crippen LogP contribution in [0.25, 0.3) is 0 Å². The highest BCUT2D eigenvalue weighted by Crippen LogP contribution is 2.34. The predicted molar refractivity (Wildman–Crippen MR) is 109 cm³/mol. The lowest BCUT2D eigenvalue weighted by atomic mass is 10.2. The minimum atomic E-state index is -0.276. The minimum Gasteiger partial charge on any atom is -0.493 e. The molecule has 6 nitrogen and oxygen atoms in total. The van der Waals surface area contributed by atoms with Crippen molar-refractivity contribution in [3.63, 3.8) is 0 Å². The Kier molecular flexibility index (Phi) is 4.85. The van der Waals surface area contributed by atoms with Gasteiger partial charge >= 0.3 is 0 Å². The van der Waals surface area contributed by atoms with E-state index in [4.69, 9.17) is 9.47 Å². The first-order valence-electron chi connectivity index (χ1n) is 9.04. The molecule has 0 atom stereocenters. The Bertz CT molecular complexity index is 1020. The third-order valence-corrected chi connectivity index (χ3v) is 4.82. The Morgan fingerprint density at radius 2 is 1.86 bits per heavy atom. The highest BCUT2D eigenvalue weighted by atomic mass is 16.5. The number of hydrogen-bond acceptors (Lipinski definition) is 5. The molecule has 3 aromatic rings. The summed E-state index contributed by atoms with van der Waals surface area (Å²) in [6.07, 6.45) is 2.66. The number of benzene rings is 2. The molecule has 0 unspecified atom stereocenters. The fourth-order valence-corrected chi connectivity index (χ4v) is 3.43. The Morgan fingerprint density at radius 1 is 1.04 bits per heavy atom. The summed E-state index contributed by atoms with van der Waals surface area (Å²) in [4.78, 5) is 19.2. The highest BCUT2D eigenvalue weighted by Gasteiger charge is 2.21. The van der Waals surface area contributed by atoms with E-state index in [9.17, 15) is 4.79 Å². The Labute approximate surface area is 163 Å². The molecule has 0 saturated carbocycles. The van der Waals surface area contributed by atoms with Gasteiger partial charge in [0.1, 0.15) is 5.69 Å². The van der Waals surface area contributed by atoms with Crippen molar-refractivity contribution in [1.29, 1.82) is 0 Å². The van der Waals surface area contributed by atoms with Crippen LogP contribution in [-0.2, 0) is 6.42 Å². The van der Waals surface area contributed by atoms with Gasteiger partial charge in [-0.3, -0.25) is 9.78 Å². The Morgan fingerprint density at radius 3 is 2.68 bits per heavy atom. The van der Waals surface area contributed by atoms with Gasteiger partial charge in [-0.25, -0.2) is 0 Å². The number of nitrogens with one attached hydrogen (secondary N) is 1. The molecule has 1 aromatic heterocycles. The zero-order valence-electron chi connectivity index (χ0n) is 15.8. The molecule has 1 aliphatic rings. The van der Waals surface area contributed by atoms with Crippen LogP contribution in [-0.4, -0.2) is 31.7 Å². The van der Waals surface area contributed by atoms with Gasteiger partial charge in [0.25, 0.3) is 5.91 Å². The third kappa shape index (κ3) is 3.36. The normalized spacial score (nSPS) is 12.4. The topological polar surface area (TPSA) is 63.7 Å². The monoisotopic (exact) mass is 375 g/mol. The standard InChI is InChI=1S/C22H21N3O3/c1-27-20-8-7-16(13-21(20)28-2)24-22(26)18-14-17(9-11-23-18)25-12-10-15-5-3-4-6-19(15)25/h3-9,11,13-14H,10,12H2,1-2H3,(H,24,26). The molecule has 4 rings (SSSR count). The average molecular weight is 375 g/mol. The second-order valence-corrected chi connectivity index (χ2v) is 6.45. The number of nitrogens with zero attached hydrogens (tertiary/aromatic N) is 2. The Hall–Kier alpha value is -3.54. The van der Waals surface area contributed by atoms with Gasteiger partial charge in [-0.2, -0.15) is 0 Å². The molecular weight excluding hydrogens is 354 g/mol. The smallest absolute Gasteiger partial charge is 0.274 e. The van der Waals surface area contributed by atoms with E-state index < -0.39 is 0 Å². The van der Waals surface area contributed by atoms with Crippen molar-refractivity contribution < 1.29 is 14.3 Å². The quantitative estimate of drug-likeness (QED) is 0.729. The second kappa shape index (κ2) is 7.60. The number of methoxy groups -OCH3 is 2. The summed E-state index contributed by atoms with van der Waals surface area (Å²) in [6, 6.07) is 17.3. The van der Waals surface area contributed by atoms with Crippen molar-refractivity contribution in [3.05, 3.63) is 72.1 Å². The van der Waals surface area contributed by atoms with Crippen LogP contribution in [0.4, 0.5) is 17.1 Å². The molecule has 28 heavy (non-hydrogen) atoms. The van der Waals surface area contributed by atoms with Crippen molar-refractivity contribution in [2.75, 3.05) is 31.0 Å². The van der Waals surface area contributed by atoms with E-state index in [1.165, 1.54) is 11.3 Å². The molecule has 1 amide bonds. The molecule has 0 radical (unpaired) electrons. The predicted octanol–water partition coefficient (Wildman–Crippen LogP) is 4.05. The molecule has 142 valence electrons. The largest absolute Gasteiger partial charge is 0.493 e. The van der Waals surface area contributed by atoms with Crippen molar-refractivity contribution in [1.82, 2.24) is 4.98 Å². The number of anilines is 3. The van der Waals surface area contributed by atoms with Gasteiger partial charge in [0.15, 0.2) is 11.5 Å². The summed E-state index contributed by atoms with van der Waals surface area (Å²) in [5.41, 5.74) is 4.42. The fraction of sp³-hybridized carbons (Fsp3) is 0.182. The molecule has 6 heteroatoms. The van der Waals surface area contributed by atoms with Gasteiger partial charge in [0.05, 0.1) is 14.2 Å². The number of carbonyl (C=O) groups is 1. The Balaban J connectivity index is 1.56. The van der Waals surface area contributed by atoms with E-state index >= 15 is 0 Å². The number of aromatic nitrogens is 1. The van der Waals surface area contributed by atoms with Crippen LogP contribution < -0.4 is 19.7 Å². The van der Waals surface area contributed by atoms with E-state index in [0.29, 0.717) is 22.9 Å². The summed E-state index contributed by atoms with van der Waals surface area (Å²) in [5, 5.41) is 2.87. The zero-order chi connectivity index (χ0) is 19.5. The zero-order valence-corrected chi connectivity index (χ0v) is 15.8. The summed E-state index contributed by atoms with van der Waals surface area (Å²) in [5.74, 6) is 0.880. The van der Waals surface area contributed by atoms with Crippen molar-refractivity contribution >= 4 is 23.0 Å². The first kappa shape index (κ1) is 17.9. The molecule has 0 spiro atoms. The number of fused-ring (bicyclic) bond motifs is 1. The lowest BCUT2D eigenvalue weighted by Crippen LogP contribution is -2.17. The molecule has 1 N–H and O–H groups in total. The van der Waals surface area contributed by atoms with Crippen LogP contribution >= 0.6 is 0 Å². The van der Waals surface area contributed by atoms with Crippen LogP contribution in [0.5, 0.6) is 11.5 Å². The van der Waals surface area contributed by atoms with Gasteiger partial charge < -0.3 is 19.7 Å². The molecule has 0 fully saturated rings. The lowest BCUT2D eigenvalue weighted by molar-refractivity contribution is 0.102. The number of pyridine rings is 1. The summed E-state index contributed by atoms with van der Waals surface area (Å²) in [6.45, 7) is 0.889. The highest BCUT2D eigenvalue weighted by molar-refractivity contribution is 6.03. The van der Waals surface area contributed by atoms with Crippen LogP contribution in [0.15, 0.2) is 60.8 Å². The maximum atomic E-state index is 12.7. The molecule has 2 heterocycles. The van der Waals surface area contributed by atoms with Crippen molar-refractivity contribution in [3.8, 4) is 11.5 Å². The maximum absolute atomic E-state index is 12.7. The summed E-state index contributed by atoms with van der Waals surface area (Å²) < 4.78 is 10.5. The SMILES string of the molecule is COc1ccc(NC(=O)c2cc(N3CCc4ccccc43)ccn2)cc1OC. The summed E-state index contributed by atoms with van der Waals surface area (Å²) >= 11 is 0. The van der Waals surface area contributed by atoms with E-state index in [1.807, 2.05) is 18.2 Å². The second-order valence-electron chi connectivity index (χ2n) is 6.45. The van der Waals surface area contributed by atoms with Gasteiger partial charge in [-0.15, -0.1) is 0 Å². The molecule has 0 aliphatic carbocycles. The van der Waals surface area contributed by atoms with Crippen molar-refractivity contribution in [2.24, 2.45) is 0 Å². The van der Waals surface area contributed by atoms with Crippen molar-refractivity contribution in [2.45, 2.75) is 6.42 Å². The number of para-hydroxylation sites is 1. The number of amides is 1. The van der Waals surface area contributed by atoms with Crippen LogP contribution in [0.3, 0.4) is 0 Å². The number of ether oxygens (including phenoxy) is 2. The minimum absolute atomic E-state index is 0.276. The lowest BCUT2D eigenvalue weighted by Gasteiger charge is -2.20. The molecule has 0 bridgehead atoms. The fourth-order valence-electron chi connectivity index (χ4n) is 3.43. The third-order valence-electron chi connectivity index (χ3n) is 4.82. The molecular formula is C22H21N3O3. The molecule has 0 saturated heterocycles. The van der Waals surface area contributed by atoms with Crippen LogP contribution in [0.2, 0.25) is 0 Å². The average Bonchev–Trinajstić information content (AvgIpc) is 3.18. The molecule has 2 aromatic carbocycles. The van der Waals surface area contributed by atoms with Gasteiger partial charge in [0.2, 0.25) is 0 Å². The van der Waals surface area contributed by atoms with E-state index in [-0.39, 0.29) is 5.91 Å². The maximum Gasteiger partial charge on any atom is 0.274 e. The number of carbonyl (C=O) groups excluding carboxylic acids is 1. The van der Waals surface area contributed by atoms with Gasteiger partial charge in [0, 0.05) is 35.9 Å². The van der Waals surface area contributed by atoms with Gasteiger partial charge in [-0.05, 0) is 42.3 Å². The first-order chi connectivity index (χ1) is 13.7. The van der Waals surface area contributed by atoms with Crippen LogP contribution in [0, 0.1) is 0 Å². The van der Waals surface area contributed by atoms with E-state index in [0.717, 1.165) is 18.7 Å². The number of hydrogen-bond donors (Lipinski definition) is 1.